The van der Waals surface area contributed by atoms with Gasteiger partial charge >= 0.3 is 0 Å². The van der Waals surface area contributed by atoms with Crippen LogP contribution in [0, 0.1) is 6.92 Å². The molecule has 0 bridgehead atoms. The van der Waals surface area contributed by atoms with Gasteiger partial charge in [-0.15, -0.1) is 0 Å². The SMILES string of the molecule is Cc1cnn(CCC(=O)Nc2cccc(COc3ccc4c(c3)OCO4)c2)c1. The molecule has 28 heavy (non-hydrogen) atoms. The molecule has 3 aromatic rings. The van der Waals surface area contributed by atoms with Crippen LogP contribution < -0.4 is 19.5 Å². The summed E-state index contributed by atoms with van der Waals surface area (Å²) in [6.07, 6.45) is 4.06. The van der Waals surface area contributed by atoms with E-state index >= 15 is 0 Å². The lowest BCUT2D eigenvalue weighted by Gasteiger charge is -2.10. The number of amides is 1. The van der Waals surface area contributed by atoms with E-state index in [2.05, 4.69) is 10.4 Å². The lowest BCUT2D eigenvalue weighted by atomic mass is 10.2. The molecule has 7 nitrogen and oxygen atoms in total. The maximum Gasteiger partial charge on any atom is 0.231 e. The molecule has 1 aliphatic rings. The number of nitrogens with zero attached hydrogens (tertiary/aromatic N) is 2. The molecule has 0 saturated heterocycles. The van der Waals surface area contributed by atoms with Gasteiger partial charge in [-0.25, -0.2) is 0 Å². The minimum Gasteiger partial charge on any atom is -0.489 e. The zero-order valence-corrected chi connectivity index (χ0v) is 15.6. The number of hydrogen-bond acceptors (Lipinski definition) is 5. The summed E-state index contributed by atoms with van der Waals surface area (Å²) in [6.45, 7) is 3.14. The fourth-order valence-corrected chi connectivity index (χ4v) is 2.90. The number of fused-ring (bicyclic) bond motifs is 1. The van der Waals surface area contributed by atoms with Crippen LogP contribution in [-0.4, -0.2) is 22.5 Å². The predicted molar refractivity (Wildman–Crippen MR) is 104 cm³/mol. The Labute approximate surface area is 162 Å². The summed E-state index contributed by atoms with van der Waals surface area (Å²) in [5.74, 6) is 2.06. The van der Waals surface area contributed by atoms with E-state index in [4.69, 9.17) is 14.2 Å². The molecule has 0 fully saturated rings. The van der Waals surface area contributed by atoms with Crippen LogP contribution in [0.1, 0.15) is 17.5 Å². The summed E-state index contributed by atoms with van der Waals surface area (Å²) in [4.78, 5) is 12.2. The zero-order valence-electron chi connectivity index (χ0n) is 15.6. The van der Waals surface area contributed by atoms with E-state index in [0.29, 0.717) is 31.1 Å². The third-order valence-electron chi connectivity index (χ3n) is 4.29. The number of aromatic nitrogens is 2. The van der Waals surface area contributed by atoms with Crippen molar-refractivity contribution >= 4 is 11.6 Å². The third kappa shape index (κ3) is 4.43. The quantitative estimate of drug-likeness (QED) is 0.680. The largest absolute Gasteiger partial charge is 0.489 e. The molecule has 4 rings (SSSR count). The average Bonchev–Trinajstić information content (AvgIpc) is 3.33. The number of carbonyl (C=O) groups is 1. The number of ether oxygens (including phenoxy) is 3. The first-order chi connectivity index (χ1) is 13.7. The maximum absolute atomic E-state index is 12.2. The van der Waals surface area contributed by atoms with Crippen molar-refractivity contribution in [1.82, 2.24) is 9.78 Å². The fraction of sp³-hybridized carbons (Fsp3) is 0.238. The van der Waals surface area contributed by atoms with Crippen LogP contribution in [-0.2, 0) is 17.9 Å². The number of anilines is 1. The van der Waals surface area contributed by atoms with Crippen molar-refractivity contribution < 1.29 is 19.0 Å². The molecule has 7 heteroatoms. The molecule has 0 saturated carbocycles. The van der Waals surface area contributed by atoms with Crippen LogP contribution in [0.5, 0.6) is 17.2 Å². The highest BCUT2D eigenvalue weighted by molar-refractivity contribution is 5.90. The summed E-state index contributed by atoms with van der Waals surface area (Å²) in [6, 6.07) is 13.1. The molecular weight excluding hydrogens is 358 g/mol. The Kier molecular flexibility index (Phi) is 5.14. The second-order valence-corrected chi connectivity index (χ2v) is 6.58. The second kappa shape index (κ2) is 8.04. The smallest absolute Gasteiger partial charge is 0.231 e. The van der Waals surface area contributed by atoms with Gasteiger partial charge in [0.15, 0.2) is 11.5 Å². The standard InChI is InChI=1S/C21H21N3O4/c1-15-11-22-24(12-15)8-7-21(25)23-17-4-2-3-16(9-17)13-26-18-5-6-19-20(10-18)28-14-27-19/h2-6,9-12H,7-8,13-14H2,1H3,(H,23,25). The molecule has 144 valence electrons. The number of nitrogens with one attached hydrogen (secondary N) is 1. The number of carbonyl (C=O) groups excluding carboxylic acids is 1. The maximum atomic E-state index is 12.2. The van der Waals surface area contributed by atoms with Crippen LogP contribution in [0.25, 0.3) is 0 Å². The molecular formula is C21H21N3O4. The summed E-state index contributed by atoms with van der Waals surface area (Å²) < 4.78 is 18.2. The van der Waals surface area contributed by atoms with Gasteiger partial charge in [0.05, 0.1) is 6.20 Å². The second-order valence-electron chi connectivity index (χ2n) is 6.58. The Hall–Kier alpha value is -3.48. The van der Waals surface area contributed by atoms with Crippen molar-refractivity contribution in [1.29, 1.82) is 0 Å². The number of hydrogen-bond donors (Lipinski definition) is 1. The van der Waals surface area contributed by atoms with E-state index in [0.717, 1.165) is 22.6 Å². The van der Waals surface area contributed by atoms with E-state index in [1.54, 1.807) is 10.9 Å². The first-order valence-corrected chi connectivity index (χ1v) is 9.06. The van der Waals surface area contributed by atoms with E-state index in [1.165, 1.54) is 0 Å². The molecule has 1 aliphatic heterocycles. The highest BCUT2D eigenvalue weighted by atomic mass is 16.7. The van der Waals surface area contributed by atoms with Crippen LogP contribution in [0.4, 0.5) is 5.69 Å². The van der Waals surface area contributed by atoms with Gasteiger partial charge in [-0.1, -0.05) is 12.1 Å². The minimum atomic E-state index is -0.0537. The number of aryl methyl sites for hydroxylation is 2. The minimum absolute atomic E-state index is 0.0537. The lowest BCUT2D eigenvalue weighted by Crippen LogP contribution is -2.14. The number of benzene rings is 2. The van der Waals surface area contributed by atoms with Crippen LogP contribution in [0.15, 0.2) is 54.9 Å². The highest BCUT2D eigenvalue weighted by Crippen LogP contribution is 2.35. The van der Waals surface area contributed by atoms with Gasteiger partial charge in [0.2, 0.25) is 12.7 Å². The summed E-state index contributed by atoms with van der Waals surface area (Å²) >= 11 is 0. The van der Waals surface area contributed by atoms with Gasteiger partial charge < -0.3 is 19.5 Å². The van der Waals surface area contributed by atoms with Crippen molar-refractivity contribution in [2.24, 2.45) is 0 Å². The van der Waals surface area contributed by atoms with Gasteiger partial charge in [-0.05, 0) is 42.3 Å². The first kappa shape index (κ1) is 17.9. The van der Waals surface area contributed by atoms with Gasteiger partial charge in [0.1, 0.15) is 12.4 Å². The van der Waals surface area contributed by atoms with Gasteiger partial charge in [0, 0.05) is 30.9 Å². The Morgan fingerprint density at radius 3 is 2.96 bits per heavy atom. The van der Waals surface area contributed by atoms with Crippen molar-refractivity contribution in [2.75, 3.05) is 12.1 Å². The summed E-state index contributed by atoms with van der Waals surface area (Å²) in [7, 11) is 0. The van der Waals surface area contributed by atoms with Crippen molar-refractivity contribution in [3.05, 3.63) is 66.0 Å². The fourth-order valence-electron chi connectivity index (χ4n) is 2.90. The molecule has 1 N–H and O–H groups in total. The lowest BCUT2D eigenvalue weighted by molar-refractivity contribution is -0.116. The molecule has 0 unspecified atom stereocenters. The van der Waals surface area contributed by atoms with E-state index in [-0.39, 0.29) is 12.7 Å². The first-order valence-electron chi connectivity index (χ1n) is 9.06. The van der Waals surface area contributed by atoms with Crippen LogP contribution >= 0.6 is 0 Å². The van der Waals surface area contributed by atoms with Gasteiger partial charge in [-0.3, -0.25) is 9.48 Å². The van der Waals surface area contributed by atoms with Gasteiger partial charge in [0.25, 0.3) is 0 Å². The van der Waals surface area contributed by atoms with Gasteiger partial charge in [-0.2, -0.15) is 5.10 Å². The molecule has 0 radical (unpaired) electrons. The molecule has 0 spiro atoms. The van der Waals surface area contributed by atoms with Crippen LogP contribution in [0.3, 0.4) is 0 Å². The summed E-state index contributed by atoms with van der Waals surface area (Å²) in [5, 5.41) is 7.11. The number of rotatable bonds is 7. The van der Waals surface area contributed by atoms with Crippen LogP contribution in [0.2, 0.25) is 0 Å². The van der Waals surface area contributed by atoms with Crippen molar-refractivity contribution in [2.45, 2.75) is 26.5 Å². The normalized spacial score (nSPS) is 12.0. The predicted octanol–water partition coefficient (Wildman–Crippen LogP) is 3.53. The van der Waals surface area contributed by atoms with Crippen molar-refractivity contribution in [3.8, 4) is 17.2 Å². The average molecular weight is 379 g/mol. The Balaban J connectivity index is 1.30. The van der Waals surface area contributed by atoms with E-state index in [1.807, 2.05) is 55.6 Å². The van der Waals surface area contributed by atoms with Crippen molar-refractivity contribution in [3.63, 3.8) is 0 Å². The van der Waals surface area contributed by atoms with E-state index in [9.17, 15) is 4.79 Å². The molecule has 2 aromatic carbocycles. The topological polar surface area (TPSA) is 74.6 Å². The summed E-state index contributed by atoms with van der Waals surface area (Å²) in [5.41, 5.74) is 2.78. The molecule has 0 aliphatic carbocycles. The molecule has 0 atom stereocenters. The zero-order chi connectivity index (χ0) is 19.3. The molecule has 1 amide bonds. The Morgan fingerprint density at radius 1 is 1.21 bits per heavy atom. The highest BCUT2D eigenvalue weighted by Gasteiger charge is 2.13. The Bertz CT molecular complexity index is 983. The van der Waals surface area contributed by atoms with E-state index < -0.39 is 0 Å². The molecule has 1 aromatic heterocycles. The molecule has 2 heterocycles. The third-order valence-corrected chi connectivity index (χ3v) is 4.29. The Morgan fingerprint density at radius 2 is 2.11 bits per heavy atom. The monoisotopic (exact) mass is 379 g/mol.